The van der Waals surface area contributed by atoms with Crippen molar-refractivity contribution in [1.29, 1.82) is 5.26 Å². The summed E-state index contributed by atoms with van der Waals surface area (Å²) in [4.78, 5) is 11.9. The molecule has 0 spiro atoms. The van der Waals surface area contributed by atoms with Crippen molar-refractivity contribution in [2.24, 2.45) is 11.8 Å². The van der Waals surface area contributed by atoms with Crippen molar-refractivity contribution in [3.63, 3.8) is 0 Å². The number of hydrogen-bond acceptors (Lipinski definition) is 2. The van der Waals surface area contributed by atoms with Crippen LogP contribution in [-0.2, 0) is 4.79 Å². The zero-order chi connectivity index (χ0) is 11.6. The Balaban J connectivity index is 1.94. The van der Waals surface area contributed by atoms with Gasteiger partial charge in [0, 0.05) is 5.92 Å². The highest BCUT2D eigenvalue weighted by molar-refractivity contribution is 5.80. The van der Waals surface area contributed by atoms with Crippen molar-refractivity contribution in [2.45, 2.75) is 57.4 Å². The fraction of sp³-hybridized carbons (Fsp3) is 0.846. The van der Waals surface area contributed by atoms with Gasteiger partial charge in [0.05, 0.1) is 6.07 Å². The molecule has 2 aliphatic rings. The van der Waals surface area contributed by atoms with Crippen LogP contribution in [-0.4, -0.2) is 11.4 Å². The van der Waals surface area contributed by atoms with E-state index in [9.17, 15) is 10.1 Å². The van der Waals surface area contributed by atoms with Crippen molar-refractivity contribution >= 4 is 5.91 Å². The van der Waals surface area contributed by atoms with Crippen LogP contribution < -0.4 is 5.32 Å². The maximum Gasteiger partial charge on any atom is 0.224 e. The van der Waals surface area contributed by atoms with Gasteiger partial charge in [-0.2, -0.15) is 5.26 Å². The Morgan fingerprint density at radius 3 is 2.38 bits per heavy atom. The maximum atomic E-state index is 11.9. The fourth-order valence-corrected chi connectivity index (χ4v) is 2.53. The summed E-state index contributed by atoms with van der Waals surface area (Å²) < 4.78 is 0. The van der Waals surface area contributed by atoms with E-state index in [0.717, 1.165) is 44.9 Å². The molecule has 1 N–H and O–H groups in total. The van der Waals surface area contributed by atoms with Crippen LogP contribution in [0.25, 0.3) is 0 Å². The second kappa shape index (κ2) is 4.45. The molecule has 2 saturated carbocycles. The fourth-order valence-electron chi connectivity index (χ4n) is 2.53. The molecule has 0 heterocycles. The van der Waals surface area contributed by atoms with E-state index in [1.807, 2.05) is 0 Å². The monoisotopic (exact) mass is 220 g/mol. The Bertz CT molecular complexity index is 306. The van der Waals surface area contributed by atoms with E-state index in [0.29, 0.717) is 5.92 Å². The largest absolute Gasteiger partial charge is 0.338 e. The zero-order valence-corrected chi connectivity index (χ0v) is 9.96. The Hall–Kier alpha value is -1.04. The van der Waals surface area contributed by atoms with Crippen LogP contribution in [0.3, 0.4) is 0 Å². The smallest absolute Gasteiger partial charge is 0.224 e. The lowest BCUT2D eigenvalue weighted by Crippen LogP contribution is -2.52. The summed E-state index contributed by atoms with van der Waals surface area (Å²) in [5.41, 5.74) is -0.556. The molecule has 3 heteroatoms. The first-order chi connectivity index (χ1) is 7.65. The zero-order valence-electron chi connectivity index (χ0n) is 9.96. The Morgan fingerprint density at radius 1 is 1.31 bits per heavy atom. The van der Waals surface area contributed by atoms with Crippen molar-refractivity contribution < 1.29 is 4.79 Å². The first-order valence-electron chi connectivity index (χ1n) is 6.38. The van der Waals surface area contributed by atoms with E-state index in [4.69, 9.17) is 0 Å². The average Bonchev–Trinajstić information content (AvgIpc) is 2.19. The van der Waals surface area contributed by atoms with E-state index >= 15 is 0 Å². The van der Waals surface area contributed by atoms with Gasteiger partial charge in [0.2, 0.25) is 5.91 Å². The Morgan fingerprint density at radius 2 is 1.94 bits per heavy atom. The summed E-state index contributed by atoms with van der Waals surface area (Å²) >= 11 is 0. The van der Waals surface area contributed by atoms with Crippen molar-refractivity contribution in [1.82, 2.24) is 5.32 Å². The molecule has 0 aromatic carbocycles. The van der Waals surface area contributed by atoms with Crippen molar-refractivity contribution in [3.05, 3.63) is 0 Å². The Kier molecular flexibility index (Phi) is 3.18. The molecule has 0 saturated heterocycles. The molecule has 2 aliphatic carbocycles. The minimum absolute atomic E-state index is 0.113. The normalized spacial score (nSPS) is 34.9. The first kappa shape index (κ1) is 11.4. The molecule has 0 aromatic heterocycles. The number of rotatable bonds is 2. The third-order valence-corrected chi connectivity index (χ3v) is 4.18. The number of amides is 1. The van der Waals surface area contributed by atoms with E-state index < -0.39 is 5.54 Å². The second-order valence-corrected chi connectivity index (χ2v) is 5.49. The molecule has 0 atom stereocenters. The summed E-state index contributed by atoms with van der Waals surface area (Å²) in [6, 6.07) is 2.34. The molecule has 16 heavy (non-hydrogen) atoms. The number of nitrogens with zero attached hydrogens (tertiary/aromatic N) is 1. The SMILES string of the molecule is CC1CCC(C#N)(NC(=O)C2CCC2)CC1. The number of carbonyl (C=O) groups is 1. The van der Waals surface area contributed by atoms with Crippen LogP contribution in [0.5, 0.6) is 0 Å². The van der Waals surface area contributed by atoms with Gasteiger partial charge in [-0.25, -0.2) is 0 Å². The predicted molar refractivity (Wildman–Crippen MR) is 61.5 cm³/mol. The molecule has 1 amide bonds. The lowest BCUT2D eigenvalue weighted by atomic mass is 9.77. The van der Waals surface area contributed by atoms with Gasteiger partial charge in [0.15, 0.2) is 0 Å². The van der Waals surface area contributed by atoms with Gasteiger partial charge in [-0.1, -0.05) is 13.3 Å². The van der Waals surface area contributed by atoms with E-state index in [1.165, 1.54) is 0 Å². The van der Waals surface area contributed by atoms with Crippen molar-refractivity contribution in [2.75, 3.05) is 0 Å². The summed E-state index contributed by atoms with van der Waals surface area (Å²) in [6.45, 7) is 2.22. The van der Waals surface area contributed by atoms with Crippen molar-refractivity contribution in [3.8, 4) is 6.07 Å². The van der Waals surface area contributed by atoms with Crippen LogP contribution >= 0.6 is 0 Å². The lowest BCUT2D eigenvalue weighted by molar-refractivity contribution is -0.129. The van der Waals surface area contributed by atoms with Gasteiger partial charge in [0.25, 0.3) is 0 Å². The number of nitriles is 1. The van der Waals surface area contributed by atoms with Gasteiger partial charge in [0.1, 0.15) is 5.54 Å². The van der Waals surface area contributed by atoms with Crippen LogP contribution in [0.1, 0.15) is 51.9 Å². The maximum absolute atomic E-state index is 11.9. The molecule has 0 unspecified atom stereocenters. The molecule has 0 radical (unpaired) electrons. The quantitative estimate of drug-likeness (QED) is 0.776. The molecule has 0 aromatic rings. The lowest BCUT2D eigenvalue weighted by Gasteiger charge is -2.36. The first-order valence-corrected chi connectivity index (χ1v) is 6.38. The van der Waals surface area contributed by atoms with Crippen LogP contribution in [0.2, 0.25) is 0 Å². The minimum Gasteiger partial charge on any atom is -0.338 e. The van der Waals surface area contributed by atoms with Crippen LogP contribution in [0.15, 0.2) is 0 Å². The molecule has 0 aliphatic heterocycles. The second-order valence-electron chi connectivity index (χ2n) is 5.49. The van der Waals surface area contributed by atoms with E-state index in [2.05, 4.69) is 18.3 Å². The number of carbonyl (C=O) groups excluding carboxylic acids is 1. The van der Waals surface area contributed by atoms with Gasteiger partial charge in [-0.05, 0) is 44.4 Å². The predicted octanol–water partition coefficient (Wildman–Crippen LogP) is 2.38. The summed E-state index contributed by atoms with van der Waals surface area (Å²) in [7, 11) is 0. The molecular formula is C13H20N2O. The average molecular weight is 220 g/mol. The summed E-state index contributed by atoms with van der Waals surface area (Å²) in [6.07, 6.45) is 6.92. The van der Waals surface area contributed by atoms with Gasteiger partial charge in [-0.15, -0.1) is 0 Å². The van der Waals surface area contributed by atoms with Gasteiger partial charge < -0.3 is 5.32 Å². The molecule has 2 rings (SSSR count). The third kappa shape index (κ3) is 2.21. The molecule has 2 fully saturated rings. The van der Waals surface area contributed by atoms with Crippen LogP contribution in [0.4, 0.5) is 0 Å². The number of hydrogen-bond donors (Lipinski definition) is 1. The molecule has 88 valence electrons. The molecule has 0 bridgehead atoms. The molecule has 3 nitrogen and oxygen atoms in total. The minimum atomic E-state index is -0.556. The molecular weight excluding hydrogens is 200 g/mol. The number of nitrogens with one attached hydrogen (secondary N) is 1. The van der Waals surface area contributed by atoms with Gasteiger partial charge in [-0.3, -0.25) is 4.79 Å². The van der Waals surface area contributed by atoms with Crippen LogP contribution in [0, 0.1) is 23.2 Å². The van der Waals surface area contributed by atoms with E-state index in [-0.39, 0.29) is 11.8 Å². The topological polar surface area (TPSA) is 52.9 Å². The standard InChI is InChI=1S/C13H20N2O/c1-10-5-7-13(9-14,8-6-10)15-12(16)11-3-2-4-11/h10-11H,2-8H2,1H3,(H,15,16). The Labute approximate surface area is 97.2 Å². The van der Waals surface area contributed by atoms with E-state index in [1.54, 1.807) is 0 Å². The van der Waals surface area contributed by atoms with Gasteiger partial charge >= 0.3 is 0 Å². The summed E-state index contributed by atoms with van der Waals surface area (Å²) in [5.74, 6) is 0.994. The summed E-state index contributed by atoms with van der Waals surface area (Å²) in [5, 5.41) is 12.3. The highest BCUT2D eigenvalue weighted by Gasteiger charge is 2.38. The highest BCUT2D eigenvalue weighted by atomic mass is 16.2. The third-order valence-electron chi connectivity index (χ3n) is 4.18. The highest BCUT2D eigenvalue weighted by Crippen LogP contribution is 2.33.